The minimum atomic E-state index is -0.676. The summed E-state index contributed by atoms with van der Waals surface area (Å²) in [5.41, 5.74) is 0.482. The highest BCUT2D eigenvalue weighted by Gasteiger charge is 2.44. The molecule has 1 rings (SSSR count). The molecule has 0 aliphatic heterocycles. The topological polar surface area (TPSA) is 58.6 Å². The van der Waals surface area contributed by atoms with Crippen LogP contribution in [0.25, 0.3) is 0 Å². The molecule has 1 amide bonds. The molecule has 1 unspecified atom stereocenters. The molecule has 0 saturated heterocycles. The number of aliphatic hydroxyl groups is 1. The first-order valence-electron chi connectivity index (χ1n) is 7.88. The lowest BCUT2D eigenvalue weighted by molar-refractivity contribution is -0.732. The Labute approximate surface area is 173 Å². The van der Waals surface area contributed by atoms with Crippen LogP contribution in [0.1, 0.15) is 32.8 Å². The number of ether oxygens (including phenoxy) is 1. The molecule has 0 fully saturated rings. The molecule has 1 aromatic rings. The molecule has 4 nitrogen and oxygen atoms in total. The monoisotopic (exact) mass is 544 g/mol. The normalized spacial score (nSPS) is 13.8. The smallest absolute Gasteiger partial charge is 0.411 e. The van der Waals surface area contributed by atoms with Gasteiger partial charge < -0.3 is 9.84 Å². The average molecular weight is 546 g/mol. The lowest BCUT2D eigenvalue weighted by Crippen LogP contribution is -3.70. The third-order valence-electron chi connectivity index (χ3n) is 3.17. The van der Waals surface area contributed by atoms with E-state index in [9.17, 15) is 9.90 Å². The summed E-state index contributed by atoms with van der Waals surface area (Å²) < 4.78 is 6.47. The van der Waals surface area contributed by atoms with Crippen LogP contribution in [0.15, 0.2) is 35.3 Å². The molecule has 0 spiro atoms. The van der Waals surface area contributed by atoms with Crippen molar-refractivity contribution in [1.29, 1.82) is 0 Å². The minimum absolute atomic E-state index is 0.139. The van der Waals surface area contributed by atoms with Gasteiger partial charge in [0, 0.05) is 22.3 Å². The second-order valence-corrected chi connectivity index (χ2v) is 11.8. The summed E-state index contributed by atoms with van der Waals surface area (Å²) in [5.74, 6) is 0. The molecule has 0 radical (unpaired) electrons. The lowest BCUT2D eigenvalue weighted by atomic mass is 10.2. The van der Waals surface area contributed by atoms with Crippen molar-refractivity contribution in [3.63, 3.8) is 0 Å². The van der Waals surface area contributed by atoms with E-state index in [4.69, 9.17) is 16.3 Å². The van der Waals surface area contributed by atoms with Gasteiger partial charge in [-0.05, 0) is 38.5 Å². The van der Waals surface area contributed by atoms with Crippen LogP contribution < -0.4 is 26.5 Å². The highest BCUT2D eigenvalue weighted by Crippen LogP contribution is 2.21. The van der Waals surface area contributed by atoms with Gasteiger partial charge >= 0.3 is 27.3 Å². The molecule has 140 valence electrons. The fourth-order valence-electron chi connectivity index (χ4n) is 2.05. The van der Waals surface area contributed by atoms with E-state index in [-0.39, 0.29) is 6.61 Å². The third-order valence-corrected chi connectivity index (χ3v) is 7.61. The highest BCUT2D eigenvalue weighted by atomic mass is 127. The summed E-state index contributed by atoms with van der Waals surface area (Å²) >= 11 is 9.09. The lowest BCUT2D eigenvalue weighted by Gasteiger charge is -2.25. The van der Waals surface area contributed by atoms with Gasteiger partial charge in [0.25, 0.3) is 3.55 Å². The van der Waals surface area contributed by atoms with Crippen LogP contribution >= 0.6 is 27.5 Å². The van der Waals surface area contributed by atoms with Gasteiger partial charge in [0.1, 0.15) is 12.2 Å². The van der Waals surface area contributed by atoms with E-state index < -0.39 is 36.4 Å². The maximum absolute atomic E-state index is 12.1. The predicted molar refractivity (Wildman–Crippen MR) is 102 cm³/mol. The van der Waals surface area contributed by atoms with Crippen molar-refractivity contribution in [3.8, 4) is 0 Å². The number of benzene rings is 1. The number of halogens is 3. The van der Waals surface area contributed by atoms with Crippen molar-refractivity contribution in [2.24, 2.45) is 0 Å². The van der Waals surface area contributed by atoms with Crippen molar-refractivity contribution >= 4 is 33.6 Å². The first-order valence-corrected chi connectivity index (χ1v) is 11.7. The van der Waals surface area contributed by atoms with E-state index in [0.29, 0.717) is 6.42 Å². The Hall–Kier alpha value is -0.310. The van der Waals surface area contributed by atoms with Crippen molar-refractivity contribution in [3.05, 3.63) is 45.9 Å². The molecule has 0 aliphatic rings. The second-order valence-electron chi connectivity index (χ2n) is 6.55. The summed E-state index contributed by atoms with van der Waals surface area (Å²) in [6, 6.07) is 5.82. The maximum Gasteiger partial charge on any atom is 0.411 e. The first-order chi connectivity index (χ1) is 11.6. The molecular weight excluding hydrogens is 520 g/mol. The van der Waals surface area contributed by atoms with Crippen LogP contribution in [0.3, 0.4) is 0 Å². The van der Waals surface area contributed by atoms with Crippen molar-refractivity contribution < 1.29 is 35.8 Å². The van der Waals surface area contributed by atoms with Crippen molar-refractivity contribution in [2.75, 3.05) is 11.0 Å². The summed E-state index contributed by atoms with van der Waals surface area (Å²) in [7, 11) is 0. The van der Waals surface area contributed by atoms with Gasteiger partial charge in [-0.2, -0.15) is 0 Å². The van der Waals surface area contributed by atoms with Crippen molar-refractivity contribution in [1.82, 2.24) is 5.32 Å². The Morgan fingerprint density at radius 1 is 1.48 bits per heavy atom. The number of aliphatic hydroxyl groups excluding tert-OH is 1. The van der Waals surface area contributed by atoms with Crippen LogP contribution in [-0.2, 0) is 11.2 Å². The van der Waals surface area contributed by atoms with Crippen LogP contribution in [0, 0.1) is 0 Å². The number of carbonyl (C=O) groups excluding carboxylic acids is 1. The standard InChI is InChI=1S/C18H24BrClINO3/c1-5-9-18(12-23,22-16(24)25-17(2,3)4)21-10-8-13-6-7-14(19)11-15(13)20/h5-7,11,23H,1,8-10,12H2,2-4H3/p+1. The van der Waals surface area contributed by atoms with E-state index in [0.717, 1.165) is 25.9 Å². The molecule has 0 saturated carbocycles. The van der Waals surface area contributed by atoms with Gasteiger partial charge in [0.2, 0.25) is 0 Å². The molecule has 0 heterocycles. The van der Waals surface area contributed by atoms with E-state index in [1.807, 2.05) is 39.0 Å². The Morgan fingerprint density at radius 2 is 2.16 bits per heavy atom. The molecule has 0 aromatic heterocycles. The molecule has 2 N–H and O–H groups in total. The fourth-order valence-corrected chi connectivity index (χ4v) is 5.98. The first kappa shape index (κ1) is 22.7. The fraction of sp³-hybridized carbons (Fsp3) is 0.500. The van der Waals surface area contributed by atoms with Gasteiger partial charge in [-0.15, -0.1) is 6.58 Å². The molecule has 0 bridgehead atoms. The number of carbonyl (C=O) groups is 1. The zero-order chi connectivity index (χ0) is 19.1. The van der Waals surface area contributed by atoms with E-state index in [1.54, 1.807) is 6.08 Å². The Bertz CT molecular complexity index is 606. The second kappa shape index (κ2) is 10.1. The molecule has 25 heavy (non-hydrogen) atoms. The van der Waals surface area contributed by atoms with E-state index >= 15 is 0 Å². The van der Waals surface area contributed by atoms with E-state index in [2.05, 4.69) is 27.8 Å². The largest absolute Gasteiger partial charge is 0.444 e. The predicted octanol–water partition coefficient (Wildman–Crippen LogP) is 1.52. The number of aryl methyl sites for hydroxylation is 1. The number of amides is 1. The summed E-state index contributed by atoms with van der Waals surface area (Å²) in [6.07, 6.45) is 2.52. The quantitative estimate of drug-likeness (QED) is 0.226. The van der Waals surface area contributed by atoms with E-state index in [1.165, 1.54) is 0 Å². The zero-order valence-electron chi connectivity index (χ0n) is 14.7. The van der Waals surface area contributed by atoms with Crippen LogP contribution in [0.4, 0.5) is 4.79 Å². The van der Waals surface area contributed by atoms with Gasteiger partial charge in [-0.3, -0.25) is 5.32 Å². The summed E-state index contributed by atoms with van der Waals surface area (Å²) in [6.45, 7) is 9.05. The average Bonchev–Trinajstić information content (AvgIpc) is 2.47. The molecule has 1 atom stereocenters. The number of alkyl halides is 2. The molecular formula is C18H25BrClINO3+. The summed E-state index contributed by atoms with van der Waals surface area (Å²) in [4.78, 5) is 12.1. The zero-order valence-corrected chi connectivity index (χ0v) is 19.2. The van der Waals surface area contributed by atoms with Gasteiger partial charge in [-0.1, -0.05) is 39.7 Å². The summed E-state index contributed by atoms with van der Waals surface area (Å²) in [5, 5.41) is 13.5. The van der Waals surface area contributed by atoms with Gasteiger partial charge in [0.15, 0.2) is 4.43 Å². The number of rotatable bonds is 8. The highest BCUT2D eigenvalue weighted by molar-refractivity contribution is 9.10. The number of hydrogen-bond acceptors (Lipinski definition) is 3. The van der Waals surface area contributed by atoms with Gasteiger partial charge in [0.05, 0.1) is 0 Å². The maximum atomic E-state index is 12.1. The number of alkyl carbamates (subject to hydrolysis) is 1. The molecule has 1 aromatic carbocycles. The molecule has 7 heteroatoms. The van der Waals surface area contributed by atoms with Crippen LogP contribution in [0.2, 0.25) is 5.02 Å². The number of nitrogens with one attached hydrogen (secondary N) is 1. The van der Waals surface area contributed by atoms with Crippen molar-refractivity contribution in [2.45, 2.75) is 42.8 Å². The molecule has 0 aliphatic carbocycles. The third kappa shape index (κ3) is 8.28. The van der Waals surface area contributed by atoms with Crippen LogP contribution in [-0.4, -0.2) is 31.4 Å². The SMILES string of the molecule is C=CCC(CO)(NC(=O)OC(C)(C)C)[I+]CCc1ccc(Br)cc1Cl. The number of hydrogen-bond donors (Lipinski definition) is 2. The van der Waals surface area contributed by atoms with Crippen LogP contribution in [0.5, 0.6) is 0 Å². The Morgan fingerprint density at radius 3 is 2.68 bits per heavy atom. The Kier molecular flexibility index (Phi) is 9.21. The Balaban J connectivity index is 2.74. The van der Waals surface area contributed by atoms with Gasteiger partial charge in [-0.25, -0.2) is 4.79 Å². The minimum Gasteiger partial charge on any atom is -0.444 e.